The summed E-state index contributed by atoms with van der Waals surface area (Å²) in [7, 11) is 2.11. The van der Waals surface area contributed by atoms with Crippen molar-refractivity contribution in [1.82, 2.24) is 14.1 Å². The summed E-state index contributed by atoms with van der Waals surface area (Å²) in [5.41, 5.74) is 19.4. The van der Waals surface area contributed by atoms with Gasteiger partial charge in [0.15, 0.2) is 0 Å². The molecule has 2 aliphatic rings. The molecule has 0 atom stereocenters. The first-order valence-electron chi connectivity index (χ1n) is 25.2. The van der Waals surface area contributed by atoms with Crippen LogP contribution in [0.5, 0.6) is 11.5 Å². The Morgan fingerprint density at radius 1 is 0.556 bits per heavy atom. The van der Waals surface area contributed by atoms with Gasteiger partial charge in [-0.15, -0.1) is 35.2 Å². The molecule has 1 spiro atoms. The van der Waals surface area contributed by atoms with Gasteiger partial charge in [-0.1, -0.05) is 185 Å². The van der Waals surface area contributed by atoms with Crippen molar-refractivity contribution in [2.75, 3.05) is 0 Å². The summed E-state index contributed by atoms with van der Waals surface area (Å²) in [5.74, 6) is 2.03. The fourth-order valence-corrected chi connectivity index (χ4v) is 11.8. The molecule has 0 saturated heterocycles. The first-order chi connectivity index (χ1) is 33.6. The predicted octanol–water partition coefficient (Wildman–Crippen LogP) is 15.7. The Hall–Kier alpha value is -6.55. The van der Waals surface area contributed by atoms with E-state index in [-0.39, 0.29) is 42.7 Å². The third-order valence-corrected chi connectivity index (χ3v) is 15.3. The molecule has 0 amide bonds. The molecule has 72 heavy (non-hydrogen) atoms. The van der Waals surface area contributed by atoms with Gasteiger partial charge in [-0.2, -0.15) is 12.1 Å². The summed E-state index contributed by atoms with van der Waals surface area (Å²) in [4.78, 5) is 4.94. The zero-order valence-electron chi connectivity index (χ0n) is 43.8. The van der Waals surface area contributed by atoms with E-state index in [1.807, 2.05) is 18.3 Å². The molecule has 7 aromatic carbocycles. The van der Waals surface area contributed by atoms with Crippen LogP contribution in [0.3, 0.4) is 0 Å². The molecule has 1 aliphatic heterocycles. The number of aromatic nitrogens is 4. The van der Waals surface area contributed by atoms with Crippen LogP contribution in [0.2, 0.25) is 0 Å². The number of ether oxygens (including phenoxy) is 1. The van der Waals surface area contributed by atoms with Crippen LogP contribution in [0.4, 0.5) is 0 Å². The minimum absolute atomic E-state index is 0. The zero-order chi connectivity index (χ0) is 49.7. The van der Waals surface area contributed by atoms with Gasteiger partial charge < -0.3 is 18.4 Å². The van der Waals surface area contributed by atoms with E-state index in [1.54, 1.807) is 0 Å². The Bertz CT molecular complexity index is 3760. The van der Waals surface area contributed by atoms with Crippen LogP contribution >= 0.6 is 0 Å². The predicted molar refractivity (Wildman–Crippen MR) is 291 cm³/mol. The van der Waals surface area contributed by atoms with E-state index in [0.717, 1.165) is 55.5 Å². The Morgan fingerprint density at radius 2 is 1.17 bits per heavy atom. The number of aryl methyl sites for hydroxylation is 1. The number of hydrogen-bond acceptors (Lipinski definition) is 2. The third-order valence-electron chi connectivity index (χ3n) is 15.3. The summed E-state index contributed by atoms with van der Waals surface area (Å²) < 4.78 is 13.6. The van der Waals surface area contributed by atoms with Crippen molar-refractivity contribution >= 4 is 32.8 Å². The van der Waals surface area contributed by atoms with Crippen molar-refractivity contribution in [3.63, 3.8) is 0 Å². The molecule has 0 radical (unpaired) electrons. The van der Waals surface area contributed by atoms with Gasteiger partial charge in [0.25, 0.3) is 0 Å². The molecular formula is C66H62N4OPt-2. The molecule has 6 heteroatoms. The fourth-order valence-electron chi connectivity index (χ4n) is 11.8. The minimum atomic E-state index is -0.699. The maximum Gasteiger partial charge on any atom is 0.242 e. The topological polar surface area (TPSA) is 35.9 Å². The largest absolute Gasteiger partial charge is 0.510 e. The number of para-hydroxylation sites is 2. The van der Waals surface area contributed by atoms with Crippen LogP contribution in [0, 0.1) is 18.5 Å². The molecule has 0 N–H and O–H groups in total. The summed E-state index contributed by atoms with van der Waals surface area (Å²) in [5, 5.41) is 2.21. The Kier molecular flexibility index (Phi) is 10.8. The quantitative estimate of drug-likeness (QED) is 0.130. The Morgan fingerprint density at radius 3 is 1.81 bits per heavy atom. The van der Waals surface area contributed by atoms with Crippen LogP contribution < -0.4 is 9.30 Å². The van der Waals surface area contributed by atoms with Crippen molar-refractivity contribution in [1.29, 1.82) is 0 Å². The van der Waals surface area contributed by atoms with Crippen LogP contribution in [0.25, 0.3) is 66.6 Å². The Labute approximate surface area is 439 Å². The van der Waals surface area contributed by atoms with Gasteiger partial charge in [-0.05, 0) is 106 Å². The summed E-state index contributed by atoms with van der Waals surface area (Å²) in [6.45, 7) is 28.5. The Balaban J connectivity index is 0.00000560. The summed E-state index contributed by atoms with van der Waals surface area (Å²) >= 11 is 0. The monoisotopic (exact) mass is 1120 g/mol. The second kappa shape index (κ2) is 16.2. The van der Waals surface area contributed by atoms with E-state index < -0.39 is 5.41 Å². The van der Waals surface area contributed by atoms with Gasteiger partial charge in [0.1, 0.15) is 5.82 Å². The molecule has 4 heterocycles. The average Bonchev–Trinajstić information content (AvgIpc) is 3.95. The van der Waals surface area contributed by atoms with Crippen molar-refractivity contribution in [2.24, 2.45) is 7.05 Å². The molecule has 0 fully saturated rings. The van der Waals surface area contributed by atoms with Crippen molar-refractivity contribution in [3.05, 3.63) is 203 Å². The molecule has 3 aromatic heterocycles. The van der Waals surface area contributed by atoms with E-state index in [0.29, 0.717) is 11.5 Å². The summed E-state index contributed by atoms with van der Waals surface area (Å²) in [6.07, 6.45) is 5.65. The van der Waals surface area contributed by atoms with E-state index in [1.165, 1.54) is 55.6 Å². The number of benzene rings is 7. The van der Waals surface area contributed by atoms with E-state index in [4.69, 9.17) is 9.72 Å². The molecule has 364 valence electrons. The van der Waals surface area contributed by atoms with E-state index in [2.05, 4.69) is 244 Å². The molecule has 0 unspecified atom stereocenters. The van der Waals surface area contributed by atoms with Crippen molar-refractivity contribution in [2.45, 2.75) is 110 Å². The van der Waals surface area contributed by atoms with Crippen LogP contribution in [-0.4, -0.2) is 14.1 Å². The van der Waals surface area contributed by atoms with Crippen molar-refractivity contribution < 1.29 is 30.4 Å². The summed E-state index contributed by atoms with van der Waals surface area (Å²) in [6, 6.07) is 56.5. The van der Waals surface area contributed by atoms with Gasteiger partial charge in [0.05, 0.1) is 18.1 Å². The first kappa shape index (κ1) is 47.8. The van der Waals surface area contributed by atoms with E-state index in [9.17, 15) is 0 Å². The molecule has 12 rings (SSSR count). The SMILES string of the molecule is C[n+]1[c-]n2c3c(cccc31)C1(c3ccc(Oc4[c-]c5c(cc4)c4ccccc4n5-c4cc(-c5ccccc5)ccn4)[c-]c3-2)c2c(cc(C(C)(C)C)cc2C(C)(C)C)-c2cc(C(C)(C)C)cc(C(C)(C)C)c21.[Pt]. The number of fused-ring (bicyclic) bond motifs is 12. The minimum Gasteiger partial charge on any atom is -0.510 e. The molecule has 0 bridgehead atoms. The maximum absolute atomic E-state index is 7.00. The average molecular weight is 1120 g/mol. The zero-order valence-corrected chi connectivity index (χ0v) is 46.1. The molecule has 1 aliphatic carbocycles. The third kappa shape index (κ3) is 7.12. The number of nitrogens with zero attached hydrogens (tertiary/aromatic N) is 4. The number of pyridine rings is 1. The van der Waals surface area contributed by atoms with Gasteiger partial charge in [-0.3, -0.25) is 0 Å². The number of rotatable bonds is 4. The molecular weight excluding hydrogens is 1060 g/mol. The van der Waals surface area contributed by atoms with Crippen molar-refractivity contribution in [3.8, 4) is 45.3 Å². The van der Waals surface area contributed by atoms with Gasteiger partial charge in [-0.25, -0.2) is 4.98 Å². The second-order valence-corrected chi connectivity index (χ2v) is 24.2. The van der Waals surface area contributed by atoms with Crippen LogP contribution in [0.1, 0.15) is 128 Å². The van der Waals surface area contributed by atoms with E-state index >= 15 is 0 Å². The second-order valence-electron chi connectivity index (χ2n) is 24.2. The molecule has 0 saturated carbocycles. The number of imidazole rings is 1. The van der Waals surface area contributed by atoms with Crippen LogP contribution in [-0.2, 0) is 55.2 Å². The normalized spacial score (nSPS) is 13.9. The van der Waals surface area contributed by atoms with Crippen LogP contribution in [0.15, 0.2) is 140 Å². The number of hydrogen-bond donors (Lipinski definition) is 0. The standard InChI is InChI=1S/C66H62N4O.Pt/c1-62(2,3)42-33-48-49-34-43(63(4,5)6)36-53(65(10,11)12)60(49)66(59(48)52(35-42)64(7,8)9)50-29-27-45(38-57(50)69-39-68(13)55-25-19-23-51(66)61(55)69)71-44-26-28-47-46-22-17-18-24-54(46)70(56(47)37-44)58-32-41(30-31-67-58)40-20-15-14-16-21-40;/h14-36H,1-13H3;/q-2;. The first-order valence-corrected chi connectivity index (χ1v) is 25.2. The maximum atomic E-state index is 7.00. The van der Waals surface area contributed by atoms with Gasteiger partial charge in [0.2, 0.25) is 6.33 Å². The van der Waals surface area contributed by atoms with Gasteiger partial charge >= 0.3 is 0 Å². The van der Waals surface area contributed by atoms with Gasteiger partial charge in [0, 0.05) is 49.7 Å². The molecule has 10 aromatic rings. The smallest absolute Gasteiger partial charge is 0.242 e. The fraction of sp³-hybridized carbons (Fsp3) is 0.273. The molecule has 5 nitrogen and oxygen atoms in total.